The van der Waals surface area contributed by atoms with E-state index < -0.39 is 0 Å². The maximum atomic E-state index is 4.00. The van der Waals surface area contributed by atoms with Crippen molar-refractivity contribution in [1.82, 2.24) is 0 Å². The van der Waals surface area contributed by atoms with Crippen LogP contribution in [0.4, 0.5) is 0 Å². The topological polar surface area (TPSA) is 0 Å². The Bertz CT molecular complexity index is 559. The van der Waals surface area contributed by atoms with E-state index in [-0.39, 0.29) is 0 Å². The first-order valence-electron chi connectivity index (χ1n) is 12.0. The molecule has 0 heteroatoms. The molecule has 0 N–H and O–H groups in total. The van der Waals surface area contributed by atoms with Crippen molar-refractivity contribution in [2.75, 3.05) is 0 Å². The Morgan fingerprint density at radius 3 is 1.42 bits per heavy atom. The van der Waals surface area contributed by atoms with Gasteiger partial charge < -0.3 is 0 Å². The molecule has 1 aromatic rings. The number of aryl methyl sites for hydroxylation is 2. The monoisotopic (exact) mass is 426 g/mol. The molecule has 0 fully saturated rings. The van der Waals surface area contributed by atoms with Crippen LogP contribution in [0.5, 0.6) is 0 Å². The molecule has 0 aliphatic heterocycles. The average molecular weight is 427 g/mol. The van der Waals surface area contributed by atoms with Crippen LogP contribution in [0.25, 0.3) is 5.57 Å². The van der Waals surface area contributed by atoms with Gasteiger partial charge in [-0.3, -0.25) is 0 Å². The van der Waals surface area contributed by atoms with Gasteiger partial charge in [-0.15, -0.1) is 26.0 Å². The first-order chi connectivity index (χ1) is 14.7. The van der Waals surface area contributed by atoms with Crippen molar-refractivity contribution in [1.29, 1.82) is 0 Å². The van der Waals surface area contributed by atoms with Crippen molar-refractivity contribution in [3.8, 4) is 12.8 Å². The molecule has 0 nitrogen and oxygen atoms in total. The van der Waals surface area contributed by atoms with Crippen LogP contribution in [0.2, 0.25) is 0 Å². The van der Waals surface area contributed by atoms with E-state index in [0.29, 0.717) is 0 Å². The van der Waals surface area contributed by atoms with Crippen molar-refractivity contribution >= 4 is 5.57 Å². The van der Waals surface area contributed by atoms with Crippen LogP contribution in [-0.2, 0) is 0 Å². The molecule has 0 heterocycles. The lowest BCUT2D eigenvalue weighted by molar-refractivity contribution is 0.808. The third-order valence-corrected chi connectivity index (χ3v) is 3.88. The second kappa shape index (κ2) is 28.0. The van der Waals surface area contributed by atoms with Gasteiger partial charge in [-0.25, -0.2) is 0 Å². The van der Waals surface area contributed by atoms with Gasteiger partial charge >= 0.3 is 0 Å². The smallest absolute Gasteiger partial charge is 0.0169 e. The highest BCUT2D eigenvalue weighted by molar-refractivity contribution is 5.70. The molecule has 178 valence electrons. The predicted molar refractivity (Wildman–Crippen MR) is 150 cm³/mol. The maximum Gasteiger partial charge on any atom is -0.0169 e. The van der Waals surface area contributed by atoms with Crippen LogP contribution >= 0.6 is 0 Å². The molecular formula is C31H54. The summed E-state index contributed by atoms with van der Waals surface area (Å²) in [6.07, 6.45) is 18.7. The summed E-state index contributed by atoms with van der Waals surface area (Å²) in [4.78, 5) is 0. The van der Waals surface area contributed by atoms with Crippen molar-refractivity contribution < 1.29 is 0 Å². The van der Waals surface area contributed by atoms with Crippen LogP contribution in [0.1, 0.15) is 117 Å². The van der Waals surface area contributed by atoms with E-state index in [4.69, 9.17) is 0 Å². The predicted octanol–water partition coefficient (Wildman–Crippen LogP) is 10.9. The Kier molecular flexibility index (Phi) is 32.9. The lowest BCUT2D eigenvalue weighted by Gasteiger charge is -2.12. The van der Waals surface area contributed by atoms with E-state index in [0.717, 1.165) is 12.8 Å². The summed E-state index contributed by atoms with van der Waals surface area (Å²) >= 11 is 0. The van der Waals surface area contributed by atoms with Gasteiger partial charge in [-0.05, 0) is 82.6 Å². The molecular weight excluding hydrogens is 372 g/mol. The van der Waals surface area contributed by atoms with Gasteiger partial charge in [0.15, 0.2) is 0 Å². The third kappa shape index (κ3) is 26.0. The molecule has 0 spiro atoms. The van der Waals surface area contributed by atoms with Crippen LogP contribution in [0, 0.1) is 26.7 Å². The minimum absolute atomic E-state index is 1.15. The average Bonchev–Trinajstić information content (AvgIpc) is 2.70. The van der Waals surface area contributed by atoms with Crippen LogP contribution in [0.3, 0.4) is 0 Å². The van der Waals surface area contributed by atoms with Gasteiger partial charge in [0.2, 0.25) is 0 Å². The van der Waals surface area contributed by atoms with Gasteiger partial charge in [-0.2, -0.15) is 0 Å². The second-order valence-corrected chi connectivity index (χ2v) is 8.01. The fraction of sp³-hybridized carbons (Fsp3) is 0.548. The molecule has 0 aromatic heterocycles. The molecule has 0 saturated carbocycles. The lowest BCUT2D eigenvalue weighted by Crippen LogP contribution is -1.92. The van der Waals surface area contributed by atoms with Gasteiger partial charge in [0.1, 0.15) is 0 Å². The zero-order valence-corrected chi connectivity index (χ0v) is 22.8. The SMILES string of the molecule is C#C.C/C=C(/CCC)c1c(C)cccc1C.C=C(C)CCCC(=C)C.CCC.CCC. The molecule has 0 saturated heterocycles. The van der Waals surface area contributed by atoms with Crippen LogP contribution < -0.4 is 0 Å². The summed E-state index contributed by atoms with van der Waals surface area (Å²) < 4.78 is 0. The number of rotatable bonds is 7. The Balaban J connectivity index is -0.000000184. The van der Waals surface area contributed by atoms with Crippen molar-refractivity contribution in [3.05, 3.63) is 65.3 Å². The van der Waals surface area contributed by atoms with Gasteiger partial charge in [0.05, 0.1) is 0 Å². The largest absolute Gasteiger partial charge is 0.124 e. The van der Waals surface area contributed by atoms with E-state index in [1.807, 2.05) is 0 Å². The number of hydrogen-bond donors (Lipinski definition) is 0. The van der Waals surface area contributed by atoms with E-state index in [1.54, 1.807) is 0 Å². The van der Waals surface area contributed by atoms with Crippen molar-refractivity contribution in [2.45, 2.75) is 114 Å². The summed E-state index contributed by atoms with van der Waals surface area (Å²) in [6.45, 7) is 29.0. The molecule has 0 aliphatic rings. The summed E-state index contributed by atoms with van der Waals surface area (Å²) in [5.41, 5.74) is 8.28. The fourth-order valence-corrected chi connectivity index (χ4v) is 2.70. The van der Waals surface area contributed by atoms with Crippen LogP contribution in [-0.4, -0.2) is 0 Å². The molecule has 0 radical (unpaired) electrons. The molecule has 0 bridgehead atoms. The molecule has 31 heavy (non-hydrogen) atoms. The number of terminal acetylenes is 1. The van der Waals surface area contributed by atoms with Crippen molar-refractivity contribution in [2.24, 2.45) is 0 Å². The first kappa shape index (κ1) is 36.4. The molecule has 0 atom stereocenters. The molecule has 0 aliphatic carbocycles. The maximum absolute atomic E-state index is 4.00. The second-order valence-electron chi connectivity index (χ2n) is 8.01. The number of benzene rings is 1. The first-order valence-corrected chi connectivity index (χ1v) is 12.0. The standard InChI is InChI=1S/C14H20.C9H16.2C3H8.C2H2/c1-5-8-13(6-2)14-11(3)9-7-10-12(14)4;1-8(2)6-5-7-9(3)4;2*1-3-2;1-2/h6-7,9-10H,5,8H2,1-4H3;1,3,5-7H2,2,4H3;2*3H2,1-2H3;1-2H/b13-6-;;;;. The van der Waals surface area contributed by atoms with Gasteiger partial charge in [0.25, 0.3) is 0 Å². The quantitative estimate of drug-likeness (QED) is 0.300. The third-order valence-electron chi connectivity index (χ3n) is 3.88. The molecule has 1 rings (SSSR count). The lowest BCUT2D eigenvalue weighted by atomic mass is 9.93. The molecule has 0 amide bonds. The number of hydrogen-bond acceptors (Lipinski definition) is 0. The molecule has 1 aromatic carbocycles. The van der Waals surface area contributed by atoms with E-state index in [1.165, 1.54) is 65.5 Å². The Morgan fingerprint density at radius 1 is 0.806 bits per heavy atom. The van der Waals surface area contributed by atoms with E-state index in [9.17, 15) is 0 Å². The summed E-state index contributed by atoms with van der Waals surface area (Å²) in [5, 5.41) is 0. The summed E-state index contributed by atoms with van der Waals surface area (Å²) in [6, 6.07) is 6.52. The highest BCUT2D eigenvalue weighted by Gasteiger charge is 2.05. The highest BCUT2D eigenvalue weighted by atomic mass is 14.1. The summed E-state index contributed by atoms with van der Waals surface area (Å²) in [7, 11) is 0. The Labute approximate surface area is 198 Å². The fourth-order valence-electron chi connectivity index (χ4n) is 2.70. The zero-order valence-electron chi connectivity index (χ0n) is 22.8. The van der Waals surface area contributed by atoms with Gasteiger partial charge in [-0.1, -0.05) is 89.3 Å². The van der Waals surface area contributed by atoms with E-state index >= 15 is 0 Å². The molecule has 0 unspecified atom stereocenters. The summed E-state index contributed by atoms with van der Waals surface area (Å²) in [5.74, 6) is 0. The van der Waals surface area contributed by atoms with Crippen molar-refractivity contribution in [3.63, 3.8) is 0 Å². The normalized spacial score (nSPS) is 9.23. The Morgan fingerprint density at radius 2 is 1.16 bits per heavy atom. The van der Waals surface area contributed by atoms with Crippen LogP contribution in [0.15, 0.2) is 48.6 Å². The van der Waals surface area contributed by atoms with Gasteiger partial charge in [0, 0.05) is 0 Å². The number of allylic oxidation sites excluding steroid dienone is 4. The zero-order chi connectivity index (χ0) is 25.2. The minimum Gasteiger partial charge on any atom is -0.124 e. The Hall–Kier alpha value is -2.00. The minimum atomic E-state index is 1.15. The highest BCUT2D eigenvalue weighted by Crippen LogP contribution is 2.26. The van der Waals surface area contributed by atoms with E-state index in [2.05, 4.69) is 120 Å².